The maximum atomic E-state index is 13.3. The number of para-hydroxylation sites is 2. The molecule has 0 bridgehead atoms. The highest BCUT2D eigenvalue weighted by molar-refractivity contribution is 7.89. The van der Waals surface area contributed by atoms with E-state index in [2.05, 4.69) is 16.7 Å². The van der Waals surface area contributed by atoms with E-state index in [-0.39, 0.29) is 26.2 Å². The van der Waals surface area contributed by atoms with E-state index in [0.717, 1.165) is 21.8 Å². The van der Waals surface area contributed by atoms with Crippen LogP contribution in [0.5, 0.6) is 0 Å². The van der Waals surface area contributed by atoms with Gasteiger partial charge in [-0.25, -0.2) is 8.42 Å². The molecule has 0 saturated carbocycles. The number of aromatic nitrogens is 1. The zero-order chi connectivity index (χ0) is 22.1. The maximum Gasteiger partial charge on any atom is 0.219 e. The van der Waals surface area contributed by atoms with Crippen molar-refractivity contribution in [3.8, 4) is 0 Å². The van der Waals surface area contributed by atoms with Gasteiger partial charge in [-0.1, -0.05) is 36.4 Å². The third-order valence-corrected chi connectivity index (χ3v) is 8.28. The first-order chi connectivity index (χ1) is 15.5. The number of aliphatic hydroxyl groups excluding tert-OH is 1. The Hall–Kier alpha value is -2.65. The molecule has 1 aliphatic rings. The standard InChI is InChI=1S/C24H26N2O5S/c27-18(15-26-23-9-3-1-7-21(23)22-8-2-4-10-24(22)26)14-25(16-19-6-5-12-31-19)32(28,29)20-11-13-30-17-20/h1-10,12,18,20,27H,11,13-17H2. The Kier molecular flexibility index (Phi) is 5.77. The van der Waals surface area contributed by atoms with E-state index in [1.54, 1.807) is 12.1 Å². The van der Waals surface area contributed by atoms with Gasteiger partial charge >= 0.3 is 0 Å². The van der Waals surface area contributed by atoms with Gasteiger partial charge in [-0.3, -0.25) is 0 Å². The quantitative estimate of drug-likeness (QED) is 0.441. The second-order valence-electron chi connectivity index (χ2n) is 8.20. The zero-order valence-electron chi connectivity index (χ0n) is 17.6. The van der Waals surface area contributed by atoms with Crippen LogP contribution in [0.1, 0.15) is 12.2 Å². The molecule has 0 radical (unpaired) electrons. The van der Waals surface area contributed by atoms with Crippen molar-refractivity contribution in [1.82, 2.24) is 8.87 Å². The first kappa shape index (κ1) is 21.2. The predicted octanol–water partition coefficient (Wildman–Crippen LogP) is 3.37. The third kappa shape index (κ3) is 3.95. The maximum absolute atomic E-state index is 13.3. The van der Waals surface area contributed by atoms with Gasteiger partial charge in [-0.15, -0.1) is 0 Å². The molecule has 1 fully saturated rings. The molecular weight excluding hydrogens is 428 g/mol. The number of benzene rings is 2. The van der Waals surface area contributed by atoms with E-state index in [1.165, 1.54) is 10.6 Å². The Morgan fingerprint density at radius 3 is 2.31 bits per heavy atom. The van der Waals surface area contributed by atoms with Crippen LogP contribution in [-0.4, -0.2) is 53.5 Å². The lowest BCUT2D eigenvalue weighted by Gasteiger charge is -2.27. The Labute approximate surface area is 186 Å². The number of ether oxygens (including phenoxy) is 1. The van der Waals surface area contributed by atoms with Crippen molar-refractivity contribution < 1.29 is 22.7 Å². The highest BCUT2D eigenvalue weighted by atomic mass is 32.2. The summed E-state index contributed by atoms with van der Waals surface area (Å²) in [6.07, 6.45) is 1.08. The number of hydrogen-bond acceptors (Lipinski definition) is 5. The molecule has 4 aromatic rings. The van der Waals surface area contributed by atoms with Crippen molar-refractivity contribution >= 4 is 31.8 Å². The van der Waals surface area contributed by atoms with Crippen LogP contribution < -0.4 is 0 Å². The largest absolute Gasteiger partial charge is 0.468 e. The summed E-state index contributed by atoms with van der Waals surface area (Å²) in [5, 5.41) is 12.7. The molecule has 2 aromatic carbocycles. The second kappa shape index (κ2) is 8.71. The van der Waals surface area contributed by atoms with Crippen LogP contribution in [0.4, 0.5) is 0 Å². The number of fused-ring (bicyclic) bond motifs is 3. The summed E-state index contributed by atoms with van der Waals surface area (Å²) in [7, 11) is -3.66. The van der Waals surface area contributed by atoms with Crippen molar-refractivity contribution in [1.29, 1.82) is 0 Å². The summed E-state index contributed by atoms with van der Waals surface area (Å²) in [5.74, 6) is 0.538. The van der Waals surface area contributed by atoms with Gasteiger partial charge in [0.05, 0.1) is 32.1 Å². The number of aliphatic hydroxyl groups is 1. The highest BCUT2D eigenvalue weighted by Crippen LogP contribution is 2.29. The third-order valence-electron chi connectivity index (χ3n) is 6.07. The van der Waals surface area contributed by atoms with Crippen LogP contribution in [0, 0.1) is 0 Å². The minimum Gasteiger partial charge on any atom is -0.468 e. The van der Waals surface area contributed by atoms with Crippen LogP contribution >= 0.6 is 0 Å². The number of nitrogens with zero attached hydrogens (tertiary/aromatic N) is 2. The smallest absolute Gasteiger partial charge is 0.219 e. The fourth-order valence-electron chi connectivity index (χ4n) is 4.50. The Bertz CT molecular complexity index is 1250. The van der Waals surface area contributed by atoms with Crippen molar-refractivity contribution in [2.75, 3.05) is 19.8 Å². The molecule has 0 aliphatic carbocycles. The topological polar surface area (TPSA) is 84.9 Å². The lowest BCUT2D eigenvalue weighted by atomic mass is 10.2. The summed E-state index contributed by atoms with van der Waals surface area (Å²) in [6, 6.07) is 19.6. The summed E-state index contributed by atoms with van der Waals surface area (Å²) in [5.41, 5.74) is 2.02. The van der Waals surface area contributed by atoms with Crippen LogP contribution in [0.15, 0.2) is 71.3 Å². The van der Waals surface area contributed by atoms with E-state index < -0.39 is 21.4 Å². The lowest BCUT2D eigenvalue weighted by Crippen LogP contribution is -2.43. The normalized spacial score (nSPS) is 18.1. The molecule has 8 heteroatoms. The van der Waals surface area contributed by atoms with Gasteiger partial charge in [0.15, 0.2) is 0 Å². The number of furan rings is 1. The molecule has 0 amide bonds. The lowest BCUT2D eigenvalue weighted by molar-refractivity contribution is 0.126. The second-order valence-corrected chi connectivity index (χ2v) is 10.4. The Balaban J connectivity index is 1.44. The van der Waals surface area contributed by atoms with E-state index >= 15 is 0 Å². The number of rotatable bonds is 8. The molecule has 1 N–H and O–H groups in total. The van der Waals surface area contributed by atoms with Gasteiger partial charge in [0.2, 0.25) is 10.0 Å². The van der Waals surface area contributed by atoms with Crippen molar-refractivity contribution in [3.63, 3.8) is 0 Å². The average Bonchev–Trinajstić information content (AvgIpc) is 3.56. The SMILES string of the molecule is O=S(=O)(C1CCOC1)N(Cc1ccco1)CC(O)Cn1c2ccccc2c2ccccc21. The summed E-state index contributed by atoms with van der Waals surface area (Å²) >= 11 is 0. The van der Waals surface area contributed by atoms with Crippen molar-refractivity contribution in [2.45, 2.75) is 30.9 Å². The van der Waals surface area contributed by atoms with E-state index in [0.29, 0.717) is 18.8 Å². The van der Waals surface area contributed by atoms with Crippen molar-refractivity contribution in [3.05, 3.63) is 72.7 Å². The molecule has 1 saturated heterocycles. The predicted molar refractivity (Wildman–Crippen MR) is 123 cm³/mol. The molecule has 5 rings (SSSR count). The Morgan fingerprint density at radius 1 is 1.03 bits per heavy atom. The van der Waals surface area contributed by atoms with Crippen LogP contribution in [0.3, 0.4) is 0 Å². The highest BCUT2D eigenvalue weighted by Gasteiger charge is 2.36. The summed E-state index contributed by atoms with van der Waals surface area (Å²) in [4.78, 5) is 0. The van der Waals surface area contributed by atoms with E-state index in [9.17, 15) is 13.5 Å². The van der Waals surface area contributed by atoms with Gasteiger partial charge in [-0.2, -0.15) is 4.31 Å². The Morgan fingerprint density at radius 2 is 1.72 bits per heavy atom. The fraction of sp³-hybridized carbons (Fsp3) is 0.333. The van der Waals surface area contributed by atoms with Crippen LogP contribution in [0.25, 0.3) is 21.8 Å². The van der Waals surface area contributed by atoms with Crippen LogP contribution in [0.2, 0.25) is 0 Å². The van der Waals surface area contributed by atoms with Crippen molar-refractivity contribution in [2.24, 2.45) is 0 Å². The molecule has 3 heterocycles. The number of hydrogen-bond donors (Lipinski definition) is 1. The van der Waals surface area contributed by atoms with Gasteiger partial charge in [0.1, 0.15) is 11.0 Å². The average molecular weight is 455 g/mol. The van der Waals surface area contributed by atoms with Gasteiger partial charge in [-0.05, 0) is 30.7 Å². The van der Waals surface area contributed by atoms with E-state index in [1.807, 2.05) is 36.4 Å². The minimum atomic E-state index is -3.66. The molecule has 1 aliphatic heterocycles. The van der Waals surface area contributed by atoms with E-state index in [4.69, 9.17) is 9.15 Å². The first-order valence-corrected chi connectivity index (χ1v) is 12.3. The monoisotopic (exact) mass is 454 g/mol. The fourth-order valence-corrected chi connectivity index (χ4v) is 6.27. The van der Waals surface area contributed by atoms with Gasteiger partial charge in [0, 0.05) is 35.0 Å². The summed E-state index contributed by atoms with van der Waals surface area (Å²) < 4.78 is 40.7. The molecule has 0 spiro atoms. The van der Waals surface area contributed by atoms with Gasteiger partial charge in [0.25, 0.3) is 0 Å². The number of sulfonamides is 1. The molecule has 168 valence electrons. The molecule has 2 unspecified atom stereocenters. The van der Waals surface area contributed by atoms with Crippen LogP contribution in [-0.2, 0) is 27.8 Å². The molecule has 2 atom stereocenters. The summed E-state index contributed by atoms with van der Waals surface area (Å²) in [6.45, 7) is 0.943. The molecule has 2 aromatic heterocycles. The minimum absolute atomic E-state index is 0.0274. The van der Waals surface area contributed by atoms with Gasteiger partial charge < -0.3 is 18.8 Å². The molecule has 7 nitrogen and oxygen atoms in total. The first-order valence-electron chi connectivity index (χ1n) is 10.8. The molecular formula is C24H26N2O5S. The zero-order valence-corrected chi connectivity index (χ0v) is 18.4. The molecule has 32 heavy (non-hydrogen) atoms.